The van der Waals surface area contributed by atoms with Gasteiger partial charge in [0.15, 0.2) is 11.1 Å². The van der Waals surface area contributed by atoms with E-state index in [-0.39, 0.29) is 11.8 Å². The van der Waals surface area contributed by atoms with Crippen LogP contribution in [0.5, 0.6) is 0 Å². The SMILES string of the molecule is COC(C)(C)C(N=NC(C)(C)C)(C(C)C)C(C)(N=NC(C)(C)C)OOC(C)(N=NC(C)(C)C)C(N=NC(C)(C)C)(C(C)C)C(C)(C)OC. The molecule has 48 heavy (non-hydrogen) atoms. The third-order valence-electron chi connectivity index (χ3n) is 8.41. The summed E-state index contributed by atoms with van der Waals surface area (Å²) in [7, 11) is 3.29. The zero-order chi connectivity index (χ0) is 38.6. The van der Waals surface area contributed by atoms with Crippen molar-refractivity contribution in [1.82, 2.24) is 0 Å². The first-order valence-corrected chi connectivity index (χ1v) is 17.3. The van der Waals surface area contributed by atoms with Crippen LogP contribution in [-0.4, -0.2) is 70.1 Å². The van der Waals surface area contributed by atoms with E-state index in [2.05, 4.69) is 0 Å². The Morgan fingerprint density at radius 1 is 0.333 bits per heavy atom. The van der Waals surface area contributed by atoms with Gasteiger partial charge in [-0.1, -0.05) is 27.7 Å². The van der Waals surface area contributed by atoms with E-state index >= 15 is 0 Å². The van der Waals surface area contributed by atoms with Crippen molar-refractivity contribution in [2.75, 3.05) is 14.2 Å². The smallest absolute Gasteiger partial charge is 0.239 e. The van der Waals surface area contributed by atoms with E-state index < -0.39 is 55.9 Å². The largest absolute Gasteiger partial charge is 0.376 e. The molecule has 0 bridgehead atoms. The van der Waals surface area contributed by atoms with Crippen LogP contribution in [-0.2, 0) is 19.2 Å². The zero-order valence-corrected chi connectivity index (χ0v) is 35.4. The van der Waals surface area contributed by atoms with Crippen LogP contribution in [0.1, 0.15) is 152 Å². The molecule has 0 radical (unpaired) electrons. The summed E-state index contributed by atoms with van der Waals surface area (Å²) in [6.07, 6.45) is 0. The summed E-state index contributed by atoms with van der Waals surface area (Å²) >= 11 is 0. The van der Waals surface area contributed by atoms with Gasteiger partial charge in [-0.05, 0) is 136 Å². The number of hydrogen-bond acceptors (Lipinski definition) is 12. The van der Waals surface area contributed by atoms with E-state index in [0.29, 0.717) is 0 Å². The molecule has 0 aliphatic carbocycles. The van der Waals surface area contributed by atoms with Gasteiger partial charge in [0.05, 0.1) is 33.4 Å². The van der Waals surface area contributed by atoms with Crippen LogP contribution >= 0.6 is 0 Å². The first kappa shape index (κ1) is 46.2. The molecule has 0 fully saturated rings. The first-order valence-electron chi connectivity index (χ1n) is 17.3. The zero-order valence-electron chi connectivity index (χ0n) is 35.4. The van der Waals surface area contributed by atoms with Gasteiger partial charge in [0.2, 0.25) is 11.4 Å². The summed E-state index contributed by atoms with van der Waals surface area (Å²) in [6.45, 7) is 43.3. The van der Waals surface area contributed by atoms with Crippen LogP contribution in [0.25, 0.3) is 0 Å². The first-order chi connectivity index (χ1) is 21.0. The summed E-state index contributed by atoms with van der Waals surface area (Å²) < 4.78 is 12.4. The highest BCUT2D eigenvalue weighted by Crippen LogP contribution is 2.52. The summed E-state index contributed by atoms with van der Waals surface area (Å²) in [5.74, 6) is -0.473. The lowest BCUT2D eigenvalue weighted by molar-refractivity contribution is -0.443. The monoisotopic (exact) mass is 683 g/mol. The molecule has 0 amide bonds. The molecule has 0 saturated heterocycles. The number of methoxy groups -OCH3 is 2. The van der Waals surface area contributed by atoms with E-state index in [1.54, 1.807) is 28.1 Å². The Bertz CT molecular complexity index is 1060. The predicted octanol–water partition coefficient (Wildman–Crippen LogP) is 11.0. The molecular formula is C36H74N8O4. The van der Waals surface area contributed by atoms with Crippen molar-refractivity contribution < 1.29 is 19.2 Å². The van der Waals surface area contributed by atoms with Crippen LogP contribution in [0, 0.1) is 11.8 Å². The second kappa shape index (κ2) is 15.2. The maximum atomic E-state index is 6.76. The maximum Gasteiger partial charge on any atom is 0.239 e. The van der Waals surface area contributed by atoms with E-state index in [9.17, 15) is 0 Å². The number of ether oxygens (including phenoxy) is 2. The molecule has 0 spiro atoms. The van der Waals surface area contributed by atoms with Crippen molar-refractivity contribution in [3.05, 3.63) is 0 Å². The molecule has 4 unspecified atom stereocenters. The van der Waals surface area contributed by atoms with Gasteiger partial charge in [-0.25, -0.2) is 0 Å². The fourth-order valence-corrected chi connectivity index (χ4v) is 5.97. The van der Waals surface area contributed by atoms with Crippen LogP contribution < -0.4 is 0 Å². The predicted molar refractivity (Wildman–Crippen MR) is 195 cm³/mol. The molecule has 0 aliphatic rings. The molecule has 0 N–H and O–H groups in total. The third-order valence-corrected chi connectivity index (χ3v) is 8.41. The highest BCUT2D eigenvalue weighted by molar-refractivity contribution is 5.17. The maximum absolute atomic E-state index is 6.76. The van der Waals surface area contributed by atoms with Crippen LogP contribution in [0.2, 0.25) is 0 Å². The lowest BCUT2D eigenvalue weighted by atomic mass is 9.67. The van der Waals surface area contributed by atoms with E-state index in [1.807, 2.05) is 138 Å². The molecular weight excluding hydrogens is 608 g/mol. The molecule has 282 valence electrons. The highest BCUT2D eigenvalue weighted by atomic mass is 17.2. The number of rotatable bonds is 15. The van der Waals surface area contributed by atoms with Crippen LogP contribution in [0.3, 0.4) is 0 Å². The summed E-state index contributed by atoms with van der Waals surface area (Å²) in [6, 6.07) is 0. The van der Waals surface area contributed by atoms with Crippen molar-refractivity contribution in [2.45, 2.75) is 208 Å². The molecule has 12 nitrogen and oxygen atoms in total. The quantitative estimate of drug-likeness (QED) is 0.0964. The fraction of sp³-hybridized carbons (Fsp3) is 1.00. The van der Waals surface area contributed by atoms with E-state index in [4.69, 9.17) is 60.2 Å². The number of hydrogen-bond donors (Lipinski definition) is 0. The Labute approximate surface area is 294 Å². The Kier molecular flexibility index (Phi) is 14.7. The molecule has 0 rings (SSSR count). The number of nitrogens with zero attached hydrogens (tertiary/aromatic N) is 8. The molecule has 4 atom stereocenters. The molecule has 12 heteroatoms. The van der Waals surface area contributed by atoms with Crippen molar-refractivity contribution >= 4 is 0 Å². The van der Waals surface area contributed by atoms with Gasteiger partial charge in [-0.3, -0.25) is 0 Å². The van der Waals surface area contributed by atoms with Crippen molar-refractivity contribution in [1.29, 1.82) is 0 Å². The average molecular weight is 683 g/mol. The van der Waals surface area contributed by atoms with Gasteiger partial charge in [0.1, 0.15) is 0 Å². The second-order valence-electron chi connectivity index (χ2n) is 18.9. The Balaban J connectivity index is 8.45. The van der Waals surface area contributed by atoms with Crippen LogP contribution in [0.15, 0.2) is 40.9 Å². The molecule has 0 aromatic heterocycles. The molecule has 0 aromatic carbocycles. The standard InChI is InChI=1S/C36H74N8O4/c1-25(2)35(31(17,18)45-23,43-39-29(11,12)13)33(21,41-37-27(5,6)7)47-48-34(22,42-38-28(8,9)10)36(26(3)4,32(19,20)46-24)44-40-30(14,15)16/h25-26H,1-24H3. The Hall–Kier alpha value is -1.76. The molecule has 0 aliphatic heterocycles. The summed E-state index contributed by atoms with van der Waals surface area (Å²) in [4.78, 5) is 13.5. The lowest BCUT2D eigenvalue weighted by Crippen LogP contribution is -2.70. The molecule has 0 heterocycles. The molecule has 0 saturated carbocycles. The van der Waals surface area contributed by atoms with E-state index in [0.717, 1.165) is 0 Å². The summed E-state index contributed by atoms with van der Waals surface area (Å²) in [5.41, 5.74) is -9.89. The Morgan fingerprint density at radius 2 is 0.542 bits per heavy atom. The van der Waals surface area contributed by atoms with Gasteiger partial charge in [-0.2, -0.15) is 50.7 Å². The minimum absolute atomic E-state index is 0.237. The average Bonchev–Trinajstić information content (AvgIpc) is 2.87. The van der Waals surface area contributed by atoms with Gasteiger partial charge >= 0.3 is 0 Å². The van der Waals surface area contributed by atoms with Gasteiger partial charge < -0.3 is 9.47 Å². The van der Waals surface area contributed by atoms with Crippen molar-refractivity contribution in [2.24, 2.45) is 52.7 Å². The lowest BCUT2D eigenvalue weighted by Gasteiger charge is -2.54. The molecule has 0 aromatic rings. The van der Waals surface area contributed by atoms with Gasteiger partial charge in [0, 0.05) is 14.2 Å². The van der Waals surface area contributed by atoms with Crippen molar-refractivity contribution in [3.63, 3.8) is 0 Å². The van der Waals surface area contributed by atoms with Crippen LogP contribution in [0.4, 0.5) is 0 Å². The fourth-order valence-electron chi connectivity index (χ4n) is 5.97. The van der Waals surface area contributed by atoms with Gasteiger partial charge in [-0.15, -0.1) is 0 Å². The number of azo groups is 4. The normalized spacial score (nSPS) is 20.3. The van der Waals surface area contributed by atoms with Crippen molar-refractivity contribution in [3.8, 4) is 0 Å². The Morgan fingerprint density at radius 3 is 0.708 bits per heavy atom. The highest BCUT2D eigenvalue weighted by Gasteiger charge is 2.68. The van der Waals surface area contributed by atoms with E-state index in [1.165, 1.54) is 0 Å². The summed E-state index contributed by atoms with van der Waals surface area (Å²) in [5, 5.41) is 39.0. The minimum Gasteiger partial charge on any atom is -0.376 e. The van der Waals surface area contributed by atoms with Gasteiger partial charge in [0.25, 0.3) is 0 Å². The third kappa shape index (κ3) is 10.9. The second-order valence-corrected chi connectivity index (χ2v) is 18.9. The minimum atomic E-state index is -1.62. The topological polar surface area (TPSA) is 136 Å².